The van der Waals surface area contributed by atoms with Gasteiger partial charge in [-0.1, -0.05) is 48.0 Å². The van der Waals surface area contributed by atoms with Crippen LogP contribution in [0.1, 0.15) is 31.3 Å². The van der Waals surface area contributed by atoms with Crippen molar-refractivity contribution in [2.45, 2.75) is 13.1 Å². The first-order chi connectivity index (χ1) is 13.5. The molecule has 0 aliphatic carbocycles. The first-order valence-electron chi connectivity index (χ1n) is 8.25. The lowest BCUT2D eigenvalue weighted by molar-refractivity contribution is 0.0946. The average Bonchev–Trinajstić information content (AvgIpc) is 3.07. The average molecular weight is 419 g/mol. The van der Waals surface area contributed by atoms with E-state index in [1.165, 1.54) is 18.2 Å². The maximum atomic E-state index is 13.1. The highest BCUT2D eigenvalue weighted by molar-refractivity contribution is 7.09. The van der Waals surface area contributed by atoms with Crippen LogP contribution in [0, 0.1) is 5.82 Å². The van der Waals surface area contributed by atoms with Crippen molar-refractivity contribution in [2.75, 3.05) is 5.73 Å². The fourth-order valence-corrected chi connectivity index (χ4v) is 3.36. The minimum absolute atomic E-state index is 0.00546. The molecule has 1 heterocycles. The molecule has 0 unspecified atom stereocenters. The molecule has 0 saturated heterocycles. The molecule has 144 valence electrons. The number of carbonyl (C=O) groups excluding carboxylic acids is 2. The molecule has 3 aromatic rings. The molecule has 0 saturated carbocycles. The Morgan fingerprint density at radius 3 is 2.50 bits per heavy atom. The number of nitrogens with one attached hydrogen (secondary N) is 2. The largest absolute Gasteiger partial charge is 0.395 e. The summed E-state index contributed by atoms with van der Waals surface area (Å²) in [5, 5.41) is 5.57. The van der Waals surface area contributed by atoms with Crippen LogP contribution in [0.3, 0.4) is 0 Å². The predicted octanol–water partition coefficient (Wildman–Crippen LogP) is 3.38. The van der Waals surface area contributed by atoms with Gasteiger partial charge >= 0.3 is 0 Å². The molecule has 0 atom stereocenters. The Morgan fingerprint density at radius 1 is 1.07 bits per heavy atom. The summed E-state index contributed by atoms with van der Waals surface area (Å²) in [6.45, 7) is 0.409. The molecule has 6 nitrogen and oxygen atoms in total. The van der Waals surface area contributed by atoms with Gasteiger partial charge in [0.15, 0.2) is 5.69 Å². The lowest BCUT2D eigenvalue weighted by atomic mass is 10.2. The highest BCUT2D eigenvalue weighted by Gasteiger charge is 2.22. The van der Waals surface area contributed by atoms with Crippen molar-refractivity contribution in [3.05, 3.63) is 81.1 Å². The molecular weight excluding hydrogens is 403 g/mol. The quantitative estimate of drug-likeness (QED) is 0.571. The number of hydrogen-bond donors (Lipinski definition) is 3. The van der Waals surface area contributed by atoms with Crippen molar-refractivity contribution in [2.24, 2.45) is 0 Å². The van der Waals surface area contributed by atoms with E-state index in [1.54, 1.807) is 0 Å². The van der Waals surface area contributed by atoms with Crippen LogP contribution in [0.15, 0.2) is 48.5 Å². The lowest BCUT2D eigenvalue weighted by Gasteiger charge is -2.07. The van der Waals surface area contributed by atoms with Crippen molar-refractivity contribution in [3.63, 3.8) is 0 Å². The van der Waals surface area contributed by atoms with E-state index < -0.39 is 17.6 Å². The Balaban J connectivity index is 1.62. The van der Waals surface area contributed by atoms with Gasteiger partial charge in [0.25, 0.3) is 11.8 Å². The Bertz CT molecular complexity index is 1010. The number of amides is 2. The number of nitrogen functional groups attached to an aromatic ring is 1. The molecule has 0 aliphatic rings. The zero-order valence-corrected chi connectivity index (χ0v) is 16.1. The lowest BCUT2D eigenvalue weighted by Crippen LogP contribution is -2.25. The van der Waals surface area contributed by atoms with E-state index in [2.05, 4.69) is 15.0 Å². The SMILES string of the molecule is Nc1c(C(=O)NCc2ccccc2)nsc1C(=O)NCc1ccc(F)cc1Cl. The summed E-state index contributed by atoms with van der Waals surface area (Å²) in [4.78, 5) is 24.8. The summed E-state index contributed by atoms with van der Waals surface area (Å²) < 4.78 is 17.1. The number of rotatable bonds is 6. The minimum Gasteiger partial charge on any atom is -0.395 e. The second-order valence-corrected chi connectivity index (χ2v) is 7.04. The summed E-state index contributed by atoms with van der Waals surface area (Å²) in [5.41, 5.74) is 7.45. The van der Waals surface area contributed by atoms with Gasteiger partial charge in [-0.15, -0.1) is 0 Å². The fraction of sp³-hybridized carbons (Fsp3) is 0.105. The molecule has 4 N–H and O–H groups in total. The predicted molar refractivity (Wildman–Crippen MR) is 107 cm³/mol. The number of aromatic nitrogens is 1. The van der Waals surface area contributed by atoms with Crippen LogP contribution in [-0.4, -0.2) is 16.2 Å². The molecule has 28 heavy (non-hydrogen) atoms. The molecule has 9 heteroatoms. The zero-order chi connectivity index (χ0) is 20.1. The Kier molecular flexibility index (Phi) is 6.23. The van der Waals surface area contributed by atoms with Gasteiger partial charge in [-0.3, -0.25) is 9.59 Å². The van der Waals surface area contributed by atoms with E-state index >= 15 is 0 Å². The molecule has 0 aliphatic heterocycles. The van der Waals surface area contributed by atoms with E-state index in [9.17, 15) is 14.0 Å². The number of nitrogens with zero attached hydrogens (tertiary/aromatic N) is 1. The summed E-state index contributed by atoms with van der Waals surface area (Å²) in [6, 6.07) is 13.3. The van der Waals surface area contributed by atoms with Crippen LogP contribution in [0.2, 0.25) is 5.02 Å². The monoisotopic (exact) mass is 418 g/mol. The van der Waals surface area contributed by atoms with Crippen molar-refractivity contribution in [1.82, 2.24) is 15.0 Å². The summed E-state index contributed by atoms with van der Waals surface area (Å²) in [5.74, 6) is -1.41. The first kappa shape index (κ1) is 19.8. The number of benzene rings is 2. The van der Waals surface area contributed by atoms with E-state index in [-0.39, 0.29) is 27.8 Å². The number of nitrogens with two attached hydrogens (primary N) is 1. The zero-order valence-electron chi connectivity index (χ0n) is 14.5. The highest BCUT2D eigenvalue weighted by Crippen LogP contribution is 2.22. The van der Waals surface area contributed by atoms with Crippen molar-refractivity contribution < 1.29 is 14.0 Å². The first-order valence-corrected chi connectivity index (χ1v) is 9.40. The summed E-state index contributed by atoms with van der Waals surface area (Å²) in [6.07, 6.45) is 0. The summed E-state index contributed by atoms with van der Waals surface area (Å²) in [7, 11) is 0. The van der Waals surface area contributed by atoms with Gasteiger partial charge in [0.2, 0.25) is 0 Å². The van der Waals surface area contributed by atoms with Gasteiger partial charge in [-0.2, -0.15) is 4.37 Å². The second-order valence-electron chi connectivity index (χ2n) is 5.86. The van der Waals surface area contributed by atoms with E-state index in [0.717, 1.165) is 17.1 Å². The van der Waals surface area contributed by atoms with Crippen molar-refractivity contribution >= 4 is 40.6 Å². The van der Waals surface area contributed by atoms with Gasteiger partial charge < -0.3 is 16.4 Å². The molecule has 1 aromatic heterocycles. The Hall–Kier alpha value is -2.97. The number of anilines is 1. The smallest absolute Gasteiger partial charge is 0.273 e. The van der Waals surface area contributed by atoms with Gasteiger partial charge in [0.1, 0.15) is 10.7 Å². The van der Waals surface area contributed by atoms with Crippen LogP contribution in [-0.2, 0) is 13.1 Å². The molecule has 0 bridgehead atoms. The summed E-state index contributed by atoms with van der Waals surface area (Å²) >= 11 is 6.78. The van der Waals surface area contributed by atoms with E-state index in [0.29, 0.717) is 12.1 Å². The molecule has 2 amide bonds. The molecule has 3 rings (SSSR count). The maximum Gasteiger partial charge on any atom is 0.273 e. The van der Waals surface area contributed by atoms with Crippen molar-refractivity contribution in [3.8, 4) is 0 Å². The van der Waals surface area contributed by atoms with Gasteiger partial charge in [-0.05, 0) is 34.8 Å². The normalized spacial score (nSPS) is 10.5. The Morgan fingerprint density at radius 2 is 1.79 bits per heavy atom. The van der Waals surface area contributed by atoms with Crippen molar-refractivity contribution in [1.29, 1.82) is 0 Å². The number of hydrogen-bond acceptors (Lipinski definition) is 5. The third-order valence-corrected chi connectivity index (χ3v) is 5.11. The minimum atomic E-state index is -0.488. The fourth-order valence-electron chi connectivity index (χ4n) is 2.41. The molecule has 0 radical (unpaired) electrons. The maximum absolute atomic E-state index is 13.1. The topological polar surface area (TPSA) is 97.1 Å². The third kappa shape index (κ3) is 4.65. The molecule has 2 aromatic carbocycles. The highest BCUT2D eigenvalue weighted by atomic mass is 35.5. The van der Waals surface area contributed by atoms with Gasteiger partial charge in [0, 0.05) is 18.1 Å². The van der Waals surface area contributed by atoms with Crippen LogP contribution in [0.5, 0.6) is 0 Å². The molecule has 0 spiro atoms. The van der Waals surface area contributed by atoms with E-state index in [4.69, 9.17) is 17.3 Å². The standard InChI is InChI=1S/C19H16ClFN4O2S/c20-14-8-13(21)7-6-12(14)10-24-19(27)17-15(22)16(25-28-17)18(26)23-9-11-4-2-1-3-5-11/h1-8H,9-10,22H2,(H,23,26)(H,24,27). The van der Waals surface area contributed by atoms with Crippen LogP contribution in [0.25, 0.3) is 0 Å². The van der Waals surface area contributed by atoms with Gasteiger partial charge in [0.05, 0.1) is 5.69 Å². The number of halogens is 2. The van der Waals surface area contributed by atoms with Crippen LogP contribution >= 0.6 is 23.1 Å². The number of carbonyl (C=O) groups is 2. The molecular formula is C19H16ClFN4O2S. The van der Waals surface area contributed by atoms with Crippen LogP contribution < -0.4 is 16.4 Å². The molecule has 0 fully saturated rings. The van der Waals surface area contributed by atoms with Gasteiger partial charge in [-0.25, -0.2) is 4.39 Å². The van der Waals surface area contributed by atoms with Crippen LogP contribution in [0.4, 0.5) is 10.1 Å². The third-order valence-electron chi connectivity index (χ3n) is 3.90. The van der Waals surface area contributed by atoms with E-state index in [1.807, 2.05) is 30.3 Å². The Labute approximate surface area is 169 Å². The second kappa shape index (κ2) is 8.81.